The van der Waals surface area contributed by atoms with Crippen molar-refractivity contribution in [3.05, 3.63) is 0 Å². The summed E-state index contributed by atoms with van der Waals surface area (Å²) in [6.45, 7) is 1.75. The molecular weight excluding hydrogens is 166 g/mol. The molecule has 2 aliphatic rings. The topological polar surface area (TPSA) is 37.4 Å². The number of rotatable bonds is 1. The molecule has 13 heavy (non-hydrogen) atoms. The molecule has 3 nitrogen and oxygen atoms in total. The van der Waals surface area contributed by atoms with Crippen LogP contribution in [0.1, 0.15) is 25.7 Å². The van der Waals surface area contributed by atoms with Crippen molar-refractivity contribution in [2.24, 2.45) is 5.92 Å². The Bertz CT molecular complexity index is 227. The van der Waals surface area contributed by atoms with E-state index in [4.69, 9.17) is 0 Å². The molecule has 2 atom stereocenters. The molecule has 0 spiro atoms. The van der Waals surface area contributed by atoms with Crippen LogP contribution >= 0.6 is 0 Å². The molecule has 72 valence electrons. The van der Waals surface area contributed by atoms with Crippen LogP contribution in [0.3, 0.4) is 0 Å². The quantitative estimate of drug-likeness (QED) is 0.440. The lowest BCUT2D eigenvalue weighted by Gasteiger charge is -2.40. The van der Waals surface area contributed by atoms with Gasteiger partial charge in [0.05, 0.1) is 5.92 Å². The van der Waals surface area contributed by atoms with Crippen molar-refractivity contribution >= 4 is 12.1 Å². The van der Waals surface area contributed by atoms with E-state index in [1.807, 2.05) is 0 Å². The van der Waals surface area contributed by atoms with E-state index in [1.54, 1.807) is 0 Å². The molecule has 0 aromatic heterocycles. The Morgan fingerprint density at radius 2 is 2.23 bits per heavy atom. The Morgan fingerprint density at radius 1 is 1.38 bits per heavy atom. The molecular formula is C10H15NO2. The van der Waals surface area contributed by atoms with E-state index in [0.717, 1.165) is 19.3 Å². The van der Waals surface area contributed by atoms with Gasteiger partial charge in [-0.2, -0.15) is 0 Å². The number of fused-ring (bicyclic) bond motifs is 1. The number of Topliss-reactive ketones (excluding diaryl/α,β-unsaturated/α-hetero) is 1. The van der Waals surface area contributed by atoms with Gasteiger partial charge in [-0.15, -0.1) is 0 Å². The van der Waals surface area contributed by atoms with E-state index >= 15 is 0 Å². The van der Waals surface area contributed by atoms with E-state index in [9.17, 15) is 9.59 Å². The van der Waals surface area contributed by atoms with Gasteiger partial charge in [0.15, 0.2) is 0 Å². The second-order valence-corrected chi connectivity index (χ2v) is 4.06. The van der Waals surface area contributed by atoms with E-state index in [-0.39, 0.29) is 11.7 Å². The first kappa shape index (κ1) is 8.88. The minimum Gasteiger partial charge on any atom is -0.303 e. The van der Waals surface area contributed by atoms with Gasteiger partial charge >= 0.3 is 0 Å². The molecule has 2 heterocycles. The molecule has 2 saturated heterocycles. The third kappa shape index (κ3) is 1.66. The molecule has 3 heteroatoms. The summed E-state index contributed by atoms with van der Waals surface area (Å²) in [5.41, 5.74) is 0. The molecule has 2 fully saturated rings. The highest BCUT2D eigenvalue weighted by molar-refractivity contribution is 5.94. The number of aldehydes is 1. The van der Waals surface area contributed by atoms with Crippen LogP contribution in [0, 0.1) is 5.92 Å². The number of hydrogen-bond donors (Lipinski definition) is 0. The van der Waals surface area contributed by atoms with Gasteiger partial charge in [0.25, 0.3) is 0 Å². The van der Waals surface area contributed by atoms with E-state index in [0.29, 0.717) is 19.0 Å². The third-order valence-electron chi connectivity index (χ3n) is 3.19. The summed E-state index contributed by atoms with van der Waals surface area (Å²) in [5, 5.41) is 0. The van der Waals surface area contributed by atoms with Crippen LogP contribution < -0.4 is 0 Å². The van der Waals surface area contributed by atoms with E-state index in [2.05, 4.69) is 4.90 Å². The second-order valence-electron chi connectivity index (χ2n) is 4.06. The van der Waals surface area contributed by atoms with Crippen molar-refractivity contribution in [1.29, 1.82) is 0 Å². The zero-order valence-electron chi connectivity index (χ0n) is 7.74. The van der Waals surface area contributed by atoms with Crippen molar-refractivity contribution in [2.45, 2.75) is 31.7 Å². The van der Waals surface area contributed by atoms with Crippen molar-refractivity contribution < 1.29 is 9.59 Å². The van der Waals surface area contributed by atoms with Gasteiger partial charge in [0.1, 0.15) is 12.1 Å². The molecule has 0 N–H and O–H groups in total. The van der Waals surface area contributed by atoms with Crippen molar-refractivity contribution in [3.8, 4) is 0 Å². The fraction of sp³-hybridized carbons (Fsp3) is 0.800. The Kier molecular flexibility index (Phi) is 2.44. The minimum absolute atomic E-state index is 0.151. The fourth-order valence-corrected chi connectivity index (χ4v) is 2.39. The van der Waals surface area contributed by atoms with Crippen molar-refractivity contribution in [1.82, 2.24) is 4.90 Å². The van der Waals surface area contributed by atoms with Gasteiger partial charge in [-0.25, -0.2) is 0 Å². The lowest BCUT2D eigenvalue weighted by molar-refractivity contribution is -0.133. The van der Waals surface area contributed by atoms with Crippen molar-refractivity contribution in [2.75, 3.05) is 13.1 Å². The highest BCUT2D eigenvalue weighted by Crippen LogP contribution is 2.25. The third-order valence-corrected chi connectivity index (χ3v) is 3.19. The maximum absolute atomic E-state index is 11.4. The summed E-state index contributed by atoms with van der Waals surface area (Å²) in [6.07, 6.45) is 5.00. The number of carbonyl (C=O) groups is 2. The van der Waals surface area contributed by atoms with Gasteiger partial charge in [0.2, 0.25) is 0 Å². The molecule has 0 radical (unpaired) electrons. The molecule has 2 rings (SSSR count). The van der Waals surface area contributed by atoms with Crippen LogP contribution in [-0.4, -0.2) is 36.1 Å². The lowest BCUT2D eigenvalue weighted by atomic mass is 9.87. The summed E-state index contributed by atoms with van der Waals surface area (Å²) < 4.78 is 0. The number of piperidine rings is 2. The molecule has 0 aliphatic carbocycles. The molecule has 2 aliphatic heterocycles. The molecule has 0 saturated carbocycles. The standard InChI is InChI=1S/C10H15NO2/c12-7-8-6-11-4-2-1-3-9(11)5-10(8)13/h7-9H,1-6H2. The Morgan fingerprint density at radius 3 is 3.00 bits per heavy atom. The van der Waals surface area contributed by atoms with Gasteiger partial charge < -0.3 is 4.79 Å². The summed E-state index contributed by atoms with van der Waals surface area (Å²) in [4.78, 5) is 24.3. The largest absolute Gasteiger partial charge is 0.303 e. The second kappa shape index (κ2) is 3.58. The van der Waals surface area contributed by atoms with Crippen LogP contribution in [0.15, 0.2) is 0 Å². The van der Waals surface area contributed by atoms with Gasteiger partial charge in [-0.3, -0.25) is 9.69 Å². The zero-order valence-corrected chi connectivity index (χ0v) is 7.74. The van der Waals surface area contributed by atoms with Crippen LogP contribution in [0.5, 0.6) is 0 Å². The minimum atomic E-state index is -0.339. The average Bonchev–Trinajstić information content (AvgIpc) is 2.17. The Hall–Kier alpha value is -0.700. The zero-order chi connectivity index (χ0) is 9.26. The molecule has 2 unspecified atom stereocenters. The first-order valence-electron chi connectivity index (χ1n) is 5.03. The number of hydrogen-bond acceptors (Lipinski definition) is 3. The number of ketones is 1. The fourth-order valence-electron chi connectivity index (χ4n) is 2.39. The van der Waals surface area contributed by atoms with Crippen LogP contribution in [-0.2, 0) is 9.59 Å². The summed E-state index contributed by atoms with van der Waals surface area (Å²) >= 11 is 0. The molecule has 0 amide bonds. The first-order chi connectivity index (χ1) is 6.31. The van der Waals surface area contributed by atoms with Crippen LogP contribution in [0.2, 0.25) is 0 Å². The summed E-state index contributed by atoms with van der Waals surface area (Å²) in [5.74, 6) is -0.188. The normalized spacial score (nSPS) is 35.5. The predicted molar refractivity (Wildman–Crippen MR) is 48.4 cm³/mol. The SMILES string of the molecule is O=CC1CN2CCCCC2CC1=O. The van der Waals surface area contributed by atoms with E-state index < -0.39 is 0 Å². The maximum atomic E-state index is 11.4. The van der Waals surface area contributed by atoms with E-state index in [1.165, 1.54) is 12.8 Å². The average molecular weight is 181 g/mol. The lowest BCUT2D eigenvalue weighted by Crippen LogP contribution is -2.50. The van der Waals surface area contributed by atoms with Crippen molar-refractivity contribution in [3.63, 3.8) is 0 Å². The Labute approximate surface area is 78.1 Å². The highest BCUT2D eigenvalue weighted by atomic mass is 16.1. The van der Waals surface area contributed by atoms with Gasteiger partial charge in [-0.1, -0.05) is 6.42 Å². The molecule has 0 aromatic carbocycles. The summed E-state index contributed by atoms with van der Waals surface area (Å²) in [6, 6.07) is 0.442. The smallest absolute Gasteiger partial charge is 0.145 e. The monoisotopic (exact) mass is 181 g/mol. The molecule has 0 aromatic rings. The number of carbonyl (C=O) groups excluding carboxylic acids is 2. The Balaban J connectivity index is 2.04. The van der Waals surface area contributed by atoms with Crippen LogP contribution in [0.25, 0.3) is 0 Å². The number of nitrogens with zero attached hydrogens (tertiary/aromatic N) is 1. The molecule has 0 bridgehead atoms. The van der Waals surface area contributed by atoms with Crippen LogP contribution in [0.4, 0.5) is 0 Å². The first-order valence-corrected chi connectivity index (χ1v) is 5.03. The van der Waals surface area contributed by atoms with Gasteiger partial charge in [-0.05, 0) is 19.4 Å². The maximum Gasteiger partial charge on any atom is 0.145 e. The summed E-state index contributed by atoms with van der Waals surface area (Å²) in [7, 11) is 0. The predicted octanol–water partition coefficient (Wildman–Crippen LogP) is 0.629. The van der Waals surface area contributed by atoms with Gasteiger partial charge in [0, 0.05) is 19.0 Å². The highest BCUT2D eigenvalue weighted by Gasteiger charge is 2.34.